The maximum absolute atomic E-state index is 5.47. The quantitative estimate of drug-likeness (QED) is 0.613. The van der Waals surface area contributed by atoms with Gasteiger partial charge in [-0.25, -0.2) is 4.98 Å². The summed E-state index contributed by atoms with van der Waals surface area (Å²) in [6.07, 6.45) is 1.63. The predicted octanol–water partition coefficient (Wildman–Crippen LogP) is 1.54. The zero-order chi connectivity index (χ0) is 7.40. The summed E-state index contributed by atoms with van der Waals surface area (Å²) < 4.78 is 5.10. The van der Waals surface area contributed by atoms with E-state index >= 15 is 0 Å². The van der Waals surface area contributed by atoms with Crippen LogP contribution in [-0.4, -0.2) is 11.6 Å². The Balaban J connectivity index is 2.75. The first kappa shape index (κ1) is 7.06. The molecule has 2 nitrogen and oxygen atoms in total. The van der Waals surface area contributed by atoms with E-state index < -0.39 is 0 Å². The first-order valence-electron chi connectivity index (χ1n) is 3.17. The summed E-state index contributed by atoms with van der Waals surface area (Å²) in [4.78, 5) is 3.93. The highest BCUT2D eigenvalue weighted by Crippen LogP contribution is 2.06. The molecule has 10 heavy (non-hydrogen) atoms. The van der Waals surface area contributed by atoms with Crippen molar-refractivity contribution >= 4 is 0 Å². The van der Waals surface area contributed by atoms with E-state index in [-0.39, 0.29) is 0 Å². The molecule has 2 heteroatoms. The standard InChI is InChI=1S/C8H9NO/c1-3-10-8-6-7(2)4-5-9-8/h2,4-6H,3H2,1H3. The molecule has 0 N–H and O–H groups in total. The molecule has 0 amide bonds. The Labute approximate surface area is 60.9 Å². The van der Waals surface area contributed by atoms with Gasteiger partial charge in [-0.3, -0.25) is 0 Å². The number of ether oxygens (including phenoxy) is 1. The van der Waals surface area contributed by atoms with Crippen LogP contribution in [0.1, 0.15) is 12.5 Å². The van der Waals surface area contributed by atoms with Crippen LogP contribution in [0.5, 0.6) is 5.88 Å². The Morgan fingerprint density at radius 2 is 2.50 bits per heavy atom. The molecule has 0 bridgehead atoms. The van der Waals surface area contributed by atoms with Crippen LogP contribution in [0.25, 0.3) is 0 Å². The maximum atomic E-state index is 5.47. The molecule has 1 aromatic heterocycles. The van der Waals surface area contributed by atoms with Crippen LogP contribution in [-0.2, 0) is 0 Å². The number of aromatic nitrogens is 1. The van der Waals surface area contributed by atoms with Crippen molar-refractivity contribution in [3.8, 4) is 5.88 Å². The van der Waals surface area contributed by atoms with E-state index in [2.05, 4.69) is 4.98 Å². The third-order valence-electron chi connectivity index (χ3n) is 1.05. The molecule has 0 saturated carbocycles. The van der Waals surface area contributed by atoms with Gasteiger partial charge in [0.15, 0.2) is 0 Å². The number of pyridine rings is 1. The SMILES string of the molecule is [CH]c1ccnc(OCC)c1. The van der Waals surface area contributed by atoms with Crippen LogP contribution < -0.4 is 4.74 Å². The molecule has 0 unspecified atom stereocenters. The minimum Gasteiger partial charge on any atom is -0.478 e. The Kier molecular flexibility index (Phi) is 2.26. The normalized spacial score (nSPS) is 9.40. The van der Waals surface area contributed by atoms with E-state index in [1.807, 2.05) is 6.92 Å². The summed E-state index contributed by atoms with van der Waals surface area (Å²) in [6.45, 7) is 8.00. The minimum atomic E-state index is 0.586. The fourth-order valence-electron chi connectivity index (χ4n) is 0.652. The molecule has 2 radical (unpaired) electrons. The van der Waals surface area contributed by atoms with Gasteiger partial charge in [-0.2, -0.15) is 0 Å². The molecule has 0 aliphatic carbocycles. The topological polar surface area (TPSA) is 22.1 Å². The lowest BCUT2D eigenvalue weighted by Gasteiger charge is -2.00. The van der Waals surface area contributed by atoms with Crippen LogP contribution in [0.4, 0.5) is 0 Å². The molecule has 1 aromatic rings. The van der Waals surface area contributed by atoms with Crippen LogP contribution in [0, 0.1) is 6.92 Å². The van der Waals surface area contributed by atoms with Gasteiger partial charge in [0.2, 0.25) is 5.88 Å². The van der Waals surface area contributed by atoms with Gasteiger partial charge < -0.3 is 4.74 Å². The van der Waals surface area contributed by atoms with Crippen molar-refractivity contribution in [3.05, 3.63) is 30.8 Å². The predicted molar refractivity (Wildman–Crippen MR) is 38.8 cm³/mol. The summed E-state index contributed by atoms with van der Waals surface area (Å²) in [6, 6.07) is 3.42. The fourth-order valence-corrected chi connectivity index (χ4v) is 0.652. The third-order valence-corrected chi connectivity index (χ3v) is 1.05. The number of hydrogen-bond donors (Lipinski definition) is 0. The van der Waals surface area contributed by atoms with E-state index in [1.54, 1.807) is 18.3 Å². The first-order valence-corrected chi connectivity index (χ1v) is 3.17. The van der Waals surface area contributed by atoms with Crippen molar-refractivity contribution in [2.24, 2.45) is 0 Å². The van der Waals surface area contributed by atoms with Gasteiger partial charge in [-0.05, 0) is 25.5 Å². The molecular weight excluding hydrogens is 126 g/mol. The second kappa shape index (κ2) is 3.20. The van der Waals surface area contributed by atoms with Crippen LogP contribution in [0.2, 0.25) is 0 Å². The summed E-state index contributed by atoms with van der Waals surface area (Å²) in [5.41, 5.74) is 0.679. The van der Waals surface area contributed by atoms with Crippen molar-refractivity contribution < 1.29 is 4.74 Å². The van der Waals surface area contributed by atoms with Crippen molar-refractivity contribution in [1.29, 1.82) is 0 Å². The van der Waals surface area contributed by atoms with Crippen LogP contribution >= 0.6 is 0 Å². The fraction of sp³-hybridized carbons (Fsp3) is 0.250. The highest BCUT2D eigenvalue weighted by Gasteiger charge is 1.90. The highest BCUT2D eigenvalue weighted by atomic mass is 16.5. The van der Waals surface area contributed by atoms with Gasteiger partial charge in [0, 0.05) is 12.3 Å². The molecule has 1 rings (SSSR count). The first-order chi connectivity index (χ1) is 4.83. The van der Waals surface area contributed by atoms with E-state index in [0.717, 1.165) is 0 Å². The largest absolute Gasteiger partial charge is 0.478 e. The zero-order valence-electron chi connectivity index (χ0n) is 5.87. The Hall–Kier alpha value is -1.05. The molecule has 0 saturated heterocycles. The maximum Gasteiger partial charge on any atom is 0.213 e. The smallest absolute Gasteiger partial charge is 0.213 e. The molecule has 0 spiro atoms. The average molecular weight is 135 g/mol. The number of rotatable bonds is 2. The van der Waals surface area contributed by atoms with Crippen LogP contribution in [0.15, 0.2) is 18.3 Å². The summed E-state index contributed by atoms with van der Waals surface area (Å²) in [5.74, 6) is 0.586. The highest BCUT2D eigenvalue weighted by molar-refractivity contribution is 5.22. The molecule has 0 aliphatic rings. The average Bonchev–Trinajstić information content (AvgIpc) is 1.88. The molecule has 0 aromatic carbocycles. The monoisotopic (exact) mass is 135 g/mol. The Morgan fingerprint density at radius 3 is 3.10 bits per heavy atom. The second-order valence-corrected chi connectivity index (χ2v) is 1.86. The zero-order valence-corrected chi connectivity index (χ0v) is 5.87. The summed E-state index contributed by atoms with van der Waals surface area (Å²) >= 11 is 0. The van der Waals surface area contributed by atoms with E-state index in [9.17, 15) is 0 Å². The molecule has 52 valence electrons. The Bertz CT molecular complexity index is 210. The minimum absolute atomic E-state index is 0.586. The molecule has 0 atom stereocenters. The van der Waals surface area contributed by atoms with Crippen LogP contribution in [0.3, 0.4) is 0 Å². The number of nitrogens with zero attached hydrogens (tertiary/aromatic N) is 1. The second-order valence-electron chi connectivity index (χ2n) is 1.86. The Morgan fingerprint density at radius 1 is 1.70 bits per heavy atom. The lowest BCUT2D eigenvalue weighted by molar-refractivity contribution is 0.327. The van der Waals surface area contributed by atoms with Gasteiger partial charge in [0.05, 0.1) is 6.61 Å². The van der Waals surface area contributed by atoms with Crippen molar-refractivity contribution in [3.63, 3.8) is 0 Å². The summed E-state index contributed by atoms with van der Waals surface area (Å²) in [5, 5.41) is 0. The van der Waals surface area contributed by atoms with Crippen molar-refractivity contribution in [2.45, 2.75) is 6.92 Å². The molecule has 0 aliphatic heterocycles. The molecule has 0 fully saturated rings. The summed E-state index contributed by atoms with van der Waals surface area (Å²) in [7, 11) is 0. The van der Waals surface area contributed by atoms with E-state index in [1.165, 1.54) is 0 Å². The van der Waals surface area contributed by atoms with Gasteiger partial charge in [-0.15, -0.1) is 0 Å². The van der Waals surface area contributed by atoms with Gasteiger partial charge >= 0.3 is 0 Å². The lowest BCUT2D eigenvalue weighted by atomic mass is 10.3. The van der Waals surface area contributed by atoms with Gasteiger partial charge in [-0.1, -0.05) is 0 Å². The van der Waals surface area contributed by atoms with E-state index in [4.69, 9.17) is 11.7 Å². The number of hydrogen-bond acceptors (Lipinski definition) is 2. The third kappa shape index (κ3) is 1.72. The van der Waals surface area contributed by atoms with Gasteiger partial charge in [0.25, 0.3) is 0 Å². The molecule has 1 heterocycles. The van der Waals surface area contributed by atoms with Crippen molar-refractivity contribution in [1.82, 2.24) is 4.98 Å². The lowest BCUT2D eigenvalue weighted by Crippen LogP contribution is -1.93. The molecular formula is C8H9NO. The van der Waals surface area contributed by atoms with Crippen molar-refractivity contribution in [2.75, 3.05) is 6.61 Å². The van der Waals surface area contributed by atoms with E-state index in [0.29, 0.717) is 18.1 Å². The van der Waals surface area contributed by atoms with Gasteiger partial charge in [0.1, 0.15) is 0 Å².